The minimum atomic E-state index is -0.839. The van der Waals surface area contributed by atoms with Crippen LogP contribution in [0.2, 0.25) is 0 Å². The van der Waals surface area contributed by atoms with E-state index in [-0.39, 0.29) is 11.7 Å². The Morgan fingerprint density at radius 3 is 2.48 bits per heavy atom. The fourth-order valence-electron chi connectivity index (χ4n) is 4.27. The third kappa shape index (κ3) is 2.74. The van der Waals surface area contributed by atoms with Crippen LogP contribution in [0, 0.1) is 11.3 Å². The molecule has 21 heavy (non-hydrogen) atoms. The molecule has 3 N–H and O–H groups in total. The van der Waals surface area contributed by atoms with Crippen molar-refractivity contribution >= 4 is 11.7 Å². The molecule has 5 heteroatoms. The highest BCUT2D eigenvalue weighted by Crippen LogP contribution is 2.39. The van der Waals surface area contributed by atoms with Crippen molar-refractivity contribution in [1.29, 1.82) is 0 Å². The van der Waals surface area contributed by atoms with E-state index >= 15 is 0 Å². The normalized spacial score (nSPS) is 27.3. The molecule has 2 rings (SSSR count). The summed E-state index contributed by atoms with van der Waals surface area (Å²) in [6.07, 6.45) is 8.31. The Morgan fingerprint density at radius 2 is 1.86 bits per heavy atom. The van der Waals surface area contributed by atoms with E-state index in [1.165, 1.54) is 25.7 Å². The number of hydrogen-bond donors (Lipinski definition) is 2. The van der Waals surface area contributed by atoms with Gasteiger partial charge in [0.15, 0.2) is 5.84 Å². The highest BCUT2D eigenvalue weighted by Gasteiger charge is 2.46. The lowest BCUT2D eigenvalue weighted by Gasteiger charge is -2.47. The van der Waals surface area contributed by atoms with Gasteiger partial charge in [0.1, 0.15) is 5.41 Å². The van der Waals surface area contributed by atoms with Gasteiger partial charge in [-0.3, -0.25) is 4.79 Å². The SMILES string of the molecule is CCC(CC)(C(=O)N1CCC[C@H]2CCCC[C@H]21)C(N)=NO. The average molecular weight is 295 g/mol. The van der Waals surface area contributed by atoms with E-state index in [1.807, 2.05) is 13.8 Å². The molecule has 0 aromatic rings. The summed E-state index contributed by atoms with van der Waals surface area (Å²) in [5, 5.41) is 12.3. The Kier molecular flexibility index (Phi) is 5.12. The van der Waals surface area contributed by atoms with Gasteiger partial charge >= 0.3 is 0 Å². The molecular formula is C16H29N3O2. The van der Waals surface area contributed by atoms with Crippen LogP contribution < -0.4 is 5.73 Å². The number of nitrogens with zero attached hydrogens (tertiary/aromatic N) is 2. The van der Waals surface area contributed by atoms with Gasteiger partial charge in [-0.15, -0.1) is 0 Å². The van der Waals surface area contributed by atoms with Crippen LogP contribution in [0.3, 0.4) is 0 Å². The van der Waals surface area contributed by atoms with Gasteiger partial charge in [-0.1, -0.05) is 31.8 Å². The van der Waals surface area contributed by atoms with Crippen molar-refractivity contribution in [2.24, 2.45) is 22.2 Å². The smallest absolute Gasteiger partial charge is 0.236 e. The fraction of sp³-hybridized carbons (Fsp3) is 0.875. The first-order chi connectivity index (χ1) is 10.1. The first-order valence-corrected chi connectivity index (χ1v) is 8.39. The summed E-state index contributed by atoms with van der Waals surface area (Å²) in [6.45, 7) is 4.71. The van der Waals surface area contributed by atoms with Crippen LogP contribution in [-0.2, 0) is 4.79 Å². The molecule has 0 radical (unpaired) electrons. The lowest BCUT2D eigenvalue weighted by molar-refractivity contribution is -0.145. The molecule has 2 aliphatic rings. The Balaban J connectivity index is 2.27. The quantitative estimate of drug-likeness (QED) is 0.362. The molecule has 0 unspecified atom stereocenters. The average Bonchev–Trinajstić information content (AvgIpc) is 2.55. The van der Waals surface area contributed by atoms with E-state index in [9.17, 15) is 4.79 Å². The van der Waals surface area contributed by atoms with Crippen LogP contribution in [0.25, 0.3) is 0 Å². The summed E-state index contributed by atoms with van der Waals surface area (Å²) in [5.41, 5.74) is 5.06. The molecule has 1 aliphatic carbocycles. The number of rotatable bonds is 4. The van der Waals surface area contributed by atoms with Crippen molar-refractivity contribution in [2.45, 2.75) is 71.3 Å². The van der Waals surface area contributed by atoms with Crippen molar-refractivity contribution in [3.8, 4) is 0 Å². The number of hydrogen-bond acceptors (Lipinski definition) is 3. The number of carbonyl (C=O) groups is 1. The predicted octanol–water partition coefficient (Wildman–Crippen LogP) is 2.72. The molecule has 0 aromatic heterocycles. The van der Waals surface area contributed by atoms with Crippen molar-refractivity contribution in [3.05, 3.63) is 0 Å². The zero-order valence-electron chi connectivity index (χ0n) is 13.3. The molecule has 1 aliphatic heterocycles. The van der Waals surface area contributed by atoms with Crippen LogP contribution >= 0.6 is 0 Å². The van der Waals surface area contributed by atoms with Crippen molar-refractivity contribution in [2.75, 3.05) is 6.54 Å². The molecule has 2 fully saturated rings. The molecule has 2 atom stereocenters. The molecule has 5 nitrogen and oxygen atoms in total. The van der Waals surface area contributed by atoms with E-state index in [1.54, 1.807) is 0 Å². The Hall–Kier alpha value is -1.26. The van der Waals surface area contributed by atoms with Gasteiger partial charge in [-0.25, -0.2) is 0 Å². The van der Waals surface area contributed by atoms with Gasteiger partial charge in [0.25, 0.3) is 0 Å². The van der Waals surface area contributed by atoms with Crippen LogP contribution in [0.4, 0.5) is 0 Å². The molecule has 0 aromatic carbocycles. The van der Waals surface area contributed by atoms with Gasteiger partial charge in [0.05, 0.1) is 0 Å². The number of piperidine rings is 1. The third-order valence-electron chi connectivity index (χ3n) is 5.72. The lowest BCUT2D eigenvalue weighted by atomic mass is 9.74. The standard InChI is InChI=1S/C16H29N3O2/c1-3-16(4-2,14(17)18-21)15(20)19-11-7-9-12-8-5-6-10-13(12)19/h12-13,21H,3-11H2,1-2H3,(H2,17,18)/t12-,13-/m1/s1. The largest absolute Gasteiger partial charge is 0.409 e. The zero-order valence-corrected chi connectivity index (χ0v) is 13.3. The number of amidine groups is 1. The van der Waals surface area contributed by atoms with Crippen LogP contribution in [0.5, 0.6) is 0 Å². The van der Waals surface area contributed by atoms with Crippen LogP contribution in [-0.4, -0.2) is 34.4 Å². The number of amides is 1. The summed E-state index contributed by atoms with van der Waals surface area (Å²) in [5.74, 6) is 0.782. The summed E-state index contributed by atoms with van der Waals surface area (Å²) < 4.78 is 0. The minimum absolute atomic E-state index is 0.0652. The van der Waals surface area contributed by atoms with Gasteiger partial charge in [0, 0.05) is 12.6 Å². The molecule has 120 valence electrons. The fourth-order valence-corrected chi connectivity index (χ4v) is 4.27. The topological polar surface area (TPSA) is 78.9 Å². The second-order valence-electron chi connectivity index (χ2n) is 6.53. The Labute approximate surface area is 127 Å². The highest BCUT2D eigenvalue weighted by molar-refractivity contribution is 6.06. The Bertz CT molecular complexity index is 402. The lowest BCUT2D eigenvalue weighted by Crippen LogP contribution is -2.57. The second kappa shape index (κ2) is 6.67. The maximum atomic E-state index is 13.2. The monoisotopic (exact) mass is 295 g/mol. The first kappa shape index (κ1) is 16.1. The minimum Gasteiger partial charge on any atom is -0.409 e. The van der Waals surface area contributed by atoms with Crippen molar-refractivity contribution in [3.63, 3.8) is 0 Å². The van der Waals surface area contributed by atoms with Gasteiger partial charge < -0.3 is 15.8 Å². The molecule has 1 saturated heterocycles. The first-order valence-electron chi connectivity index (χ1n) is 8.39. The number of nitrogens with two attached hydrogens (primary N) is 1. The number of carbonyl (C=O) groups excluding carboxylic acids is 1. The molecule has 0 bridgehead atoms. The summed E-state index contributed by atoms with van der Waals surface area (Å²) in [4.78, 5) is 15.2. The van der Waals surface area contributed by atoms with Crippen LogP contribution in [0.15, 0.2) is 5.16 Å². The van der Waals surface area contributed by atoms with E-state index < -0.39 is 5.41 Å². The summed E-state index contributed by atoms with van der Waals surface area (Å²) in [7, 11) is 0. The molecule has 0 spiro atoms. The van der Waals surface area contributed by atoms with E-state index in [0.717, 1.165) is 19.4 Å². The predicted molar refractivity (Wildman–Crippen MR) is 83.1 cm³/mol. The second-order valence-corrected chi connectivity index (χ2v) is 6.53. The van der Waals surface area contributed by atoms with Gasteiger partial charge in [-0.2, -0.15) is 0 Å². The van der Waals surface area contributed by atoms with Crippen molar-refractivity contribution in [1.82, 2.24) is 4.90 Å². The van der Waals surface area contributed by atoms with Crippen molar-refractivity contribution < 1.29 is 10.0 Å². The van der Waals surface area contributed by atoms with E-state index in [2.05, 4.69) is 10.1 Å². The molecule has 1 heterocycles. The number of likely N-dealkylation sites (tertiary alicyclic amines) is 1. The Morgan fingerprint density at radius 1 is 1.24 bits per heavy atom. The number of oxime groups is 1. The van der Waals surface area contributed by atoms with E-state index in [4.69, 9.17) is 10.9 Å². The maximum Gasteiger partial charge on any atom is 0.236 e. The summed E-state index contributed by atoms with van der Waals surface area (Å²) >= 11 is 0. The van der Waals surface area contributed by atoms with Gasteiger partial charge in [0.2, 0.25) is 5.91 Å². The molecule has 1 amide bonds. The van der Waals surface area contributed by atoms with Gasteiger partial charge in [-0.05, 0) is 44.4 Å². The van der Waals surface area contributed by atoms with E-state index in [0.29, 0.717) is 24.8 Å². The maximum absolute atomic E-state index is 13.2. The molecular weight excluding hydrogens is 266 g/mol. The zero-order chi connectivity index (χ0) is 15.5. The van der Waals surface area contributed by atoms with Crippen LogP contribution in [0.1, 0.15) is 65.2 Å². The highest BCUT2D eigenvalue weighted by atomic mass is 16.4. The third-order valence-corrected chi connectivity index (χ3v) is 5.72. The number of fused-ring (bicyclic) bond motifs is 1. The molecule has 1 saturated carbocycles. The summed E-state index contributed by atoms with van der Waals surface area (Å²) in [6, 6.07) is 0.365.